The molecule has 0 heterocycles. The molecule has 0 aliphatic heterocycles. The molecular weight excluding hydrogens is 265 g/mol. The second-order valence-electron chi connectivity index (χ2n) is 4.24. The van der Waals surface area contributed by atoms with Crippen LogP contribution in [0, 0.1) is 0 Å². The van der Waals surface area contributed by atoms with Crippen molar-refractivity contribution in [1.82, 2.24) is 0 Å². The van der Waals surface area contributed by atoms with E-state index in [0.717, 1.165) is 6.92 Å². The Morgan fingerprint density at radius 3 is 2.39 bits per heavy atom. The number of aliphatic hydroxyl groups is 1. The highest BCUT2D eigenvalue weighted by molar-refractivity contribution is 6.31. The highest BCUT2D eigenvalue weighted by atomic mass is 35.5. The zero-order chi connectivity index (χ0) is 13.6. The van der Waals surface area contributed by atoms with Crippen LogP contribution in [0.3, 0.4) is 0 Å². The lowest BCUT2D eigenvalue weighted by Gasteiger charge is -2.28. The highest BCUT2D eigenvalue weighted by Gasteiger charge is 2.51. The van der Waals surface area contributed by atoms with E-state index in [4.69, 9.17) is 11.6 Å². The van der Waals surface area contributed by atoms with Crippen LogP contribution in [0.1, 0.15) is 12.5 Å². The first-order chi connectivity index (χ1) is 8.23. The van der Waals surface area contributed by atoms with Gasteiger partial charge >= 0.3 is 6.18 Å². The van der Waals surface area contributed by atoms with Crippen LogP contribution >= 0.6 is 11.6 Å². The third kappa shape index (κ3) is 2.06. The Labute approximate surface area is 107 Å². The van der Waals surface area contributed by atoms with Gasteiger partial charge in [0.1, 0.15) is 0 Å². The van der Waals surface area contributed by atoms with Crippen molar-refractivity contribution in [2.24, 2.45) is 0 Å². The maximum atomic E-state index is 12.9. The molecule has 0 saturated carbocycles. The van der Waals surface area contributed by atoms with Crippen LogP contribution in [0.5, 0.6) is 0 Å². The minimum atomic E-state index is -4.75. The summed E-state index contributed by atoms with van der Waals surface area (Å²) in [5.74, 6) is 0. The average molecular weight is 275 g/mol. The maximum Gasteiger partial charge on any atom is 0.421 e. The molecule has 1 nitrogen and oxygen atoms in total. The van der Waals surface area contributed by atoms with E-state index in [1.165, 1.54) is 18.2 Å². The van der Waals surface area contributed by atoms with Gasteiger partial charge in [0.05, 0.1) is 0 Å². The van der Waals surface area contributed by atoms with Crippen molar-refractivity contribution in [1.29, 1.82) is 0 Å². The third-order valence-corrected chi connectivity index (χ3v) is 3.16. The first-order valence-corrected chi connectivity index (χ1v) is 5.59. The number of hydrogen-bond donors (Lipinski definition) is 1. The zero-order valence-electron chi connectivity index (χ0n) is 9.42. The molecule has 0 spiro atoms. The summed E-state index contributed by atoms with van der Waals surface area (Å²) >= 11 is 5.79. The van der Waals surface area contributed by atoms with Gasteiger partial charge in [-0.2, -0.15) is 13.2 Å². The van der Waals surface area contributed by atoms with Gasteiger partial charge in [0.2, 0.25) is 0 Å². The molecule has 0 aromatic heterocycles. The molecule has 2 aromatic rings. The Hall–Kier alpha value is -1.26. The van der Waals surface area contributed by atoms with Crippen LogP contribution in [0.25, 0.3) is 10.8 Å². The number of rotatable bonds is 1. The second-order valence-corrected chi connectivity index (χ2v) is 4.68. The predicted octanol–water partition coefficient (Wildman–Crippen LogP) is 4.26. The molecule has 0 aliphatic rings. The lowest BCUT2D eigenvalue weighted by atomic mass is 9.90. The minimum absolute atomic E-state index is 0.199. The molecule has 96 valence electrons. The minimum Gasteiger partial charge on any atom is -0.376 e. The van der Waals surface area contributed by atoms with Crippen LogP contribution in [-0.4, -0.2) is 11.3 Å². The Bertz CT molecular complexity index is 590. The summed E-state index contributed by atoms with van der Waals surface area (Å²) < 4.78 is 38.6. The second kappa shape index (κ2) is 4.14. The summed E-state index contributed by atoms with van der Waals surface area (Å²) in [6.45, 7) is 0.739. The van der Waals surface area contributed by atoms with Gasteiger partial charge in [-0.3, -0.25) is 0 Å². The van der Waals surface area contributed by atoms with E-state index >= 15 is 0 Å². The van der Waals surface area contributed by atoms with Crippen molar-refractivity contribution < 1.29 is 18.3 Å². The van der Waals surface area contributed by atoms with Gasteiger partial charge in [0.15, 0.2) is 5.60 Å². The first kappa shape index (κ1) is 13.2. The normalized spacial score (nSPS) is 15.7. The highest BCUT2D eigenvalue weighted by Crippen LogP contribution is 2.41. The molecule has 1 atom stereocenters. The Morgan fingerprint density at radius 1 is 1.11 bits per heavy atom. The van der Waals surface area contributed by atoms with Crippen LogP contribution in [-0.2, 0) is 5.60 Å². The Kier molecular flexibility index (Phi) is 3.03. The SMILES string of the molecule is CC(O)(c1cccc2ccc(Cl)cc12)C(F)(F)F. The maximum absolute atomic E-state index is 12.9. The standard InChI is InChI=1S/C13H10ClF3O/c1-12(18,13(15,16)17)11-4-2-3-8-5-6-9(14)7-10(8)11/h2-7,18H,1H3. The molecule has 0 amide bonds. The molecule has 1 N–H and O–H groups in total. The summed E-state index contributed by atoms with van der Waals surface area (Å²) in [5, 5.41) is 11.0. The van der Waals surface area contributed by atoms with Crippen LogP contribution < -0.4 is 0 Å². The molecule has 2 rings (SSSR count). The molecule has 18 heavy (non-hydrogen) atoms. The monoisotopic (exact) mass is 274 g/mol. The van der Waals surface area contributed by atoms with E-state index in [9.17, 15) is 18.3 Å². The largest absolute Gasteiger partial charge is 0.421 e. The van der Waals surface area contributed by atoms with Crippen molar-refractivity contribution >= 4 is 22.4 Å². The summed E-state index contributed by atoms with van der Waals surface area (Å²) in [5.41, 5.74) is -3.10. The lowest BCUT2D eigenvalue weighted by molar-refractivity contribution is -0.258. The molecule has 2 aromatic carbocycles. The molecular formula is C13H10ClF3O. The van der Waals surface area contributed by atoms with Gasteiger partial charge in [-0.1, -0.05) is 35.9 Å². The summed E-state index contributed by atoms with van der Waals surface area (Å²) in [6, 6.07) is 9.04. The molecule has 5 heteroatoms. The number of halogens is 4. The van der Waals surface area contributed by atoms with E-state index < -0.39 is 11.8 Å². The quantitative estimate of drug-likeness (QED) is 0.824. The summed E-state index contributed by atoms with van der Waals surface area (Å²) in [4.78, 5) is 0. The number of benzene rings is 2. The number of alkyl halides is 3. The van der Waals surface area contributed by atoms with Crippen molar-refractivity contribution in [2.75, 3.05) is 0 Å². The van der Waals surface area contributed by atoms with E-state index in [1.807, 2.05) is 0 Å². The van der Waals surface area contributed by atoms with Crippen LogP contribution in [0.4, 0.5) is 13.2 Å². The van der Waals surface area contributed by atoms with Crippen molar-refractivity contribution in [3.63, 3.8) is 0 Å². The Morgan fingerprint density at radius 2 is 1.78 bits per heavy atom. The average Bonchev–Trinajstić information content (AvgIpc) is 2.26. The van der Waals surface area contributed by atoms with Gasteiger partial charge in [0.25, 0.3) is 0 Å². The van der Waals surface area contributed by atoms with Gasteiger partial charge in [-0.25, -0.2) is 0 Å². The van der Waals surface area contributed by atoms with Gasteiger partial charge in [-0.15, -0.1) is 0 Å². The third-order valence-electron chi connectivity index (χ3n) is 2.92. The zero-order valence-corrected chi connectivity index (χ0v) is 10.2. The van der Waals surface area contributed by atoms with Crippen LogP contribution in [0.2, 0.25) is 5.02 Å². The van der Waals surface area contributed by atoms with E-state index in [1.54, 1.807) is 18.2 Å². The van der Waals surface area contributed by atoms with Gasteiger partial charge < -0.3 is 5.11 Å². The van der Waals surface area contributed by atoms with Crippen molar-refractivity contribution in [3.8, 4) is 0 Å². The summed E-state index contributed by atoms with van der Waals surface area (Å²) in [7, 11) is 0. The smallest absolute Gasteiger partial charge is 0.376 e. The fourth-order valence-electron chi connectivity index (χ4n) is 1.82. The molecule has 0 fully saturated rings. The van der Waals surface area contributed by atoms with E-state index in [0.29, 0.717) is 15.8 Å². The number of fused-ring (bicyclic) bond motifs is 1. The van der Waals surface area contributed by atoms with Crippen molar-refractivity contribution in [2.45, 2.75) is 18.7 Å². The van der Waals surface area contributed by atoms with Crippen LogP contribution in [0.15, 0.2) is 36.4 Å². The first-order valence-electron chi connectivity index (χ1n) is 5.21. The molecule has 0 radical (unpaired) electrons. The number of hydrogen-bond acceptors (Lipinski definition) is 1. The van der Waals surface area contributed by atoms with Gasteiger partial charge in [-0.05, 0) is 29.8 Å². The molecule has 0 bridgehead atoms. The fourth-order valence-corrected chi connectivity index (χ4v) is 1.99. The van der Waals surface area contributed by atoms with E-state index in [-0.39, 0.29) is 5.56 Å². The van der Waals surface area contributed by atoms with Gasteiger partial charge in [0, 0.05) is 10.6 Å². The molecule has 0 saturated heterocycles. The Balaban J connectivity index is 2.75. The molecule has 0 aliphatic carbocycles. The predicted molar refractivity (Wildman–Crippen MR) is 64.6 cm³/mol. The fraction of sp³-hybridized carbons (Fsp3) is 0.231. The molecule has 1 unspecified atom stereocenters. The topological polar surface area (TPSA) is 20.2 Å². The lowest BCUT2D eigenvalue weighted by Crippen LogP contribution is -2.39. The van der Waals surface area contributed by atoms with E-state index in [2.05, 4.69) is 0 Å². The van der Waals surface area contributed by atoms with Crippen molar-refractivity contribution in [3.05, 3.63) is 47.0 Å². The summed E-state index contributed by atoms with van der Waals surface area (Å²) in [6.07, 6.45) is -4.75.